The van der Waals surface area contributed by atoms with Gasteiger partial charge in [0.25, 0.3) is 15.7 Å². The number of halogens is 3. The van der Waals surface area contributed by atoms with Crippen molar-refractivity contribution in [3.63, 3.8) is 0 Å². The molecule has 8 nitrogen and oxygen atoms in total. The fourth-order valence-electron chi connectivity index (χ4n) is 1.79. The first-order valence-corrected chi connectivity index (χ1v) is 8.59. The minimum absolute atomic E-state index is 0.0387. The van der Waals surface area contributed by atoms with E-state index in [2.05, 4.69) is 0 Å². The summed E-state index contributed by atoms with van der Waals surface area (Å²) in [5, 5.41) is 20.3. The van der Waals surface area contributed by atoms with Crippen molar-refractivity contribution >= 4 is 61.9 Å². The van der Waals surface area contributed by atoms with Crippen LogP contribution in [0.2, 0.25) is 15.1 Å². The number of aromatic hydroxyl groups is 1. The number of nitro groups is 1. The van der Waals surface area contributed by atoms with Gasteiger partial charge < -0.3 is 10.8 Å². The van der Waals surface area contributed by atoms with Crippen LogP contribution in [0.25, 0.3) is 0 Å². The maximum atomic E-state index is 12.4. The third-order valence-corrected chi connectivity index (χ3v) is 4.95. The molecule has 0 saturated heterocycles. The fourth-order valence-corrected chi connectivity index (χ4v) is 3.83. The van der Waals surface area contributed by atoms with Crippen LogP contribution >= 0.6 is 34.8 Å². The SMILES string of the molecule is Nc1c(NS(=O)(=O)c2cc(Cl)cc(Cl)c2O)cc(Cl)cc1[N+](=O)[O-]. The van der Waals surface area contributed by atoms with Crippen LogP contribution in [0.15, 0.2) is 29.2 Å². The normalized spacial score (nSPS) is 11.3. The Labute approximate surface area is 150 Å². The maximum absolute atomic E-state index is 12.4. The monoisotopic (exact) mass is 411 g/mol. The Hall–Kier alpha value is -1.94. The zero-order chi connectivity index (χ0) is 18.2. The van der Waals surface area contributed by atoms with E-state index in [-0.39, 0.29) is 20.8 Å². The van der Waals surface area contributed by atoms with Crippen LogP contribution < -0.4 is 10.5 Å². The first-order valence-electron chi connectivity index (χ1n) is 5.97. The quantitative estimate of drug-likeness (QED) is 0.398. The molecule has 12 heteroatoms. The average Bonchev–Trinajstić information content (AvgIpc) is 2.45. The van der Waals surface area contributed by atoms with Crippen molar-refractivity contribution in [3.05, 3.63) is 49.4 Å². The Morgan fingerprint density at radius 3 is 2.29 bits per heavy atom. The van der Waals surface area contributed by atoms with Crippen molar-refractivity contribution in [1.82, 2.24) is 0 Å². The minimum Gasteiger partial charge on any atom is -0.505 e. The molecule has 24 heavy (non-hydrogen) atoms. The molecular formula is C12H8Cl3N3O5S. The van der Waals surface area contributed by atoms with Gasteiger partial charge in [-0.05, 0) is 18.2 Å². The molecule has 0 bridgehead atoms. The van der Waals surface area contributed by atoms with E-state index in [1.807, 2.05) is 4.72 Å². The number of nitrogens with one attached hydrogen (secondary N) is 1. The number of nitrogens with zero attached hydrogens (tertiary/aromatic N) is 1. The van der Waals surface area contributed by atoms with Crippen molar-refractivity contribution in [1.29, 1.82) is 0 Å². The molecule has 0 aliphatic carbocycles. The highest BCUT2D eigenvalue weighted by Crippen LogP contribution is 2.38. The summed E-state index contributed by atoms with van der Waals surface area (Å²) >= 11 is 17.2. The number of nitro benzene ring substituents is 1. The van der Waals surface area contributed by atoms with Crippen molar-refractivity contribution in [3.8, 4) is 5.75 Å². The average molecular weight is 413 g/mol. The minimum atomic E-state index is -4.40. The van der Waals surface area contributed by atoms with Gasteiger partial charge in [-0.1, -0.05) is 34.8 Å². The number of hydrogen-bond donors (Lipinski definition) is 3. The lowest BCUT2D eigenvalue weighted by atomic mass is 10.2. The molecule has 0 saturated carbocycles. The Morgan fingerprint density at radius 2 is 1.71 bits per heavy atom. The molecule has 2 aromatic carbocycles. The van der Waals surface area contributed by atoms with Gasteiger partial charge in [0.2, 0.25) is 0 Å². The lowest BCUT2D eigenvalue weighted by Crippen LogP contribution is -2.15. The fraction of sp³-hybridized carbons (Fsp3) is 0. The number of benzene rings is 2. The highest BCUT2D eigenvalue weighted by atomic mass is 35.5. The van der Waals surface area contributed by atoms with E-state index in [9.17, 15) is 23.6 Å². The Balaban J connectivity index is 2.57. The Morgan fingerprint density at radius 1 is 1.12 bits per heavy atom. The zero-order valence-electron chi connectivity index (χ0n) is 11.5. The van der Waals surface area contributed by atoms with Gasteiger partial charge in [-0.2, -0.15) is 0 Å². The first kappa shape index (κ1) is 18.4. The van der Waals surface area contributed by atoms with Gasteiger partial charge >= 0.3 is 0 Å². The van der Waals surface area contributed by atoms with Crippen molar-refractivity contribution < 1.29 is 18.4 Å². The van der Waals surface area contributed by atoms with E-state index >= 15 is 0 Å². The van der Waals surface area contributed by atoms with Crippen LogP contribution in [0.5, 0.6) is 5.75 Å². The van der Waals surface area contributed by atoms with Crippen molar-refractivity contribution in [2.75, 3.05) is 10.5 Å². The van der Waals surface area contributed by atoms with Gasteiger partial charge in [0.15, 0.2) is 5.75 Å². The standard InChI is InChI=1S/C12H8Cl3N3O5S/c13-5-1-7(15)12(19)10(4-5)24(22,23)17-8-2-6(14)3-9(11(8)16)18(20)21/h1-4,17,19H,16H2. The van der Waals surface area contributed by atoms with E-state index in [0.717, 1.165) is 24.3 Å². The molecule has 128 valence electrons. The summed E-state index contributed by atoms with van der Waals surface area (Å²) in [5.74, 6) is -0.733. The Kier molecular flexibility index (Phi) is 5.00. The van der Waals surface area contributed by atoms with E-state index < -0.39 is 37.0 Å². The number of nitrogens with two attached hydrogens (primary N) is 1. The summed E-state index contributed by atoms with van der Waals surface area (Å²) in [7, 11) is -4.40. The van der Waals surface area contributed by atoms with Gasteiger partial charge in [-0.3, -0.25) is 14.8 Å². The zero-order valence-corrected chi connectivity index (χ0v) is 14.5. The predicted molar refractivity (Wildman–Crippen MR) is 91.5 cm³/mol. The number of hydrogen-bond acceptors (Lipinski definition) is 6. The van der Waals surface area contributed by atoms with E-state index in [0.29, 0.717) is 0 Å². The lowest BCUT2D eigenvalue weighted by Gasteiger charge is -2.13. The molecule has 0 atom stereocenters. The van der Waals surface area contributed by atoms with Crippen molar-refractivity contribution in [2.24, 2.45) is 0 Å². The first-order chi connectivity index (χ1) is 11.0. The summed E-state index contributed by atoms with van der Waals surface area (Å²) in [6.07, 6.45) is 0. The highest BCUT2D eigenvalue weighted by Gasteiger charge is 2.25. The van der Waals surface area contributed by atoms with Crippen LogP contribution in [-0.2, 0) is 10.0 Å². The molecule has 2 aromatic rings. The van der Waals surface area contributed by atoms with Crippen LogP contribution in [0, 0.1) is 10.1 Å². The maximum Gasteiger partial charge on any atom is 0.295 e. The predicted octanol–water partition coefficient (Wildman–Crippen LogP) is 3.64. The Bertz CT molecular complexity index is 949. The van der Waals surface area contributed by atoms with Gasteiger partial charge in [0.05, 0.1) is 15.6 Å². The molecule has 0 spiro atoms. The van der Waals surface area contributed by atoms with Crippen LogP contribution in [0.3, 0.4) is 0 Å². The molecular weight excluding hydrogens is 405 g/mol. The molecule has 2 rings (SSSR count). The van der Waals surface area contributed by atoms with E-state index in [4.69, 9.17) is 40.5 Å². The number of phenols is 1. The van der Waals surface area contributed by atoms with Gasteiger partial charge in [-0.25, -0.2) is 8.42 Å². The topological polar surface area (TPSA) is 136 Å². The van der Waals surface area contributed by atoms with E-state index in [1.54, 1.807) is 0 Å². The molecule has 0 radical (unpaired) electrons. The van der Waals surface area contributed by atoms with E-state index in [1.165, 1.54) is 0 Å². The molecule has 4 N–H and O–H groups in total. The second-order valence-corrected chi connectivity index (χ2v) is 7.41. The second-order valence-electron chi connectivity index (χ2n) is 4.48. The van der Waals surface area contributed by atoms with Gasteiger partial charge in [-0.15, -0.1) is 0 Å². The van der Waals surface area contributed by atoms with Crippen LogP contribution in [0.4, 0.5) is 17.1 Å². The summed E-state index contributed by atoms with van der Waals surface area (Å²) in [5.41, 5.74) is 4.25. The molecule has 0 aliphatic heterocycles. The molecule has 0 fully saturated rings. The smallest absolute Gasteiger partial charge is 0.295 e. The van der Waals surface area contributed by atoms with Crippen LogP contribution in [0.1, 0.15) is 0 Å². The lowest BCUT2D eigenvalue weighted by molar-refractivity contribution is -0.383. The number of phenolic OH excluding ortho intramolecular Hbond substituents is 1. The van der Waals surface area contributed by atoms with Crippen molar-refractivity contribution in [2.45, 2.75) is 4.90 Å². The number of rotatable bonds is 4. The third-order valence-electron chi connectivity index (χ3n) is 2.85. The summed E-state index contributed by atoms with van der Waals surface area (Å²) < 4.78 is 26.8. The summed E-state index contributed by atoms with van der Waals surface area (Å²) in [4.78, 5) is 9.48. The molecule has 0 aromatic heterocycles. The number of anilines is 2. The second kappa shape index (κ2) is 6.52. The van der Waals surface area contributed by atoms with Crippen LogP contribution in [-0.4, -0.2) is 18.4 Å². The number of nitrogen functional groups attached to an aromatic ring is 1. The highest BCUT2D eigenvalue weighted by molar-refractivity contribution is 7.92. The number of sulfonamides is 1. The molecule has 0 heterocycles. The molecule has 0 aliphatic rings. The van der Waals surface area contributed by atoms with Gasteiger partial charge in [0.1, 0.15) is 10.6 Å². The molecule has 0 unspecified atom stereocenters. The summed E-state index contributed by atoms with van der Waals surface area (Å²) in [6.45, 7) is 0. The van der Waals surface area contributed by atoms with Gasteiger partial charge in [0, 0.05) is 16.1 Å². The molecule has 0 amide bonds. The third kappa shape index (κ3) is 3.59. The largest absolute Gasteiger partial charge is 0.505 e. The summed E-state index contributed by atoms with van der Waals surface area (Å²) in [6, 6.07) is 4.17.